The molecule has 100 valence electrons. The molecule has 5 nitrogen and oxygen atoms in total. The molecule has 2 aromatic rings. The quantitative estimate of drug-likeness (QED) is 0.750. The Morgan fingerprint density at radius 1 is 1.47 bits per heavy atom. The predicted octanol–water partition coefficient (Wildman–Crippen LogP) is 2.44. The maximum atomic E-state index is 12.1. The highest BCUT2D eigenvalue weighted by molar-refractivity contribution is 7.09. The van der Waals surface area contributed by atoms with Gasteiger partial charge >= 0.3 is 0 Å². The van der Waals surface area contributed by atoms with Gasteiger partial charge in [-0.05, 0) is 18.6 Å². The summed E-state index contributed by atoms with van der Waals surface area (Å²) in [6.07, 6.45) is 2.37. The predicted molar refractivity (Wildman–Crippen MR) is 72.4 cm³/mol. The minimum atomic E-state index is -0.435. The monoisotopic (exact) mass is 278 g/mol. The number of carbonyl (C=O) groups is 1. The minimum Gasteiger partial charge on any atom is -0.504 e. The van der Waals surface area contributed by atoms with Crippen molar-refractivity contribution in [2.75, 3.05) is 0 Å². The second-order valence-electron chi connectivity index (χ2n) is 3.98. The third kappa shape index (κ3) is 2.85. The molecule has 1 aromatic heterocycles. The summed E-state index contributed by atoms with van der Waals surface area (Å²) in [4.78, 5) is 16.2. The lowest BCUT2D eigenvalue weighted by molar-refractivity contribution is 0.0932. The van der Waals surface area contributed by atoms with Gasteiger partial charge in [-0.1, -0.05) is 13.0 Å². The van der Waals surface area contributed by atoms with Crippen LogP contribution in [-0.4, -0.2) is 21.1 Å². The zero-order chi connectivity index (χ0) is 13.8. The first-order valence-electron chi connectivity index (χ1n) is 5.84. The highest BCUT2D eigenvalue weighted by Gasteiger charge is 2.19. The van der Waals surface area contributed by atoms with Crippen molar-refractivity contribution < 1.29 is 15.0 Å². The molecule has 3 N–H and O–H groups in total. The molecule has 0 aliphatic carbocycles. The van der Waals surface area contributed by atoms with E-state index in [4.69, 9.17) is 0 Å². The third-order valence-corrected chi connectivity index (χ3v) is 3.61. The van der Waals surface area contributed by atoms with Gasteiger partial charge in [0.1, 0.15) is 5.01 Å². The van der Waals surface area contributed by atoms with Crippen LogP contribution in [0.25, 0.3) is 0 Å². The maximum Gasteiger partial charge on any atom is 0.255 e. The van der Waals surface area contributed by atoms with E-state index in [9.17, 15) is 15.0 Å². The first-order valence-corrected chi connectivity index (χ1v) is 6.72. The number of hydrogen-bond acceptors (Lipinski definition) is 5. The van der Waals surface area contributed by atoms with Gasteiger partial charge in [-0.2, -0.15) is 0 Å². The van der Waals surface area contributed by atoms with Crippen LogP contribution in [0.15, 0.2) is 29.8 Å². The number of carbonyl (C=O) groups excluding carboxylic acids is 1. The Kier molecular flexibility index (Phi) is 4.01. The summed E-state index contributed by atoms with van der Waals surface area (Å²) < 4.78 is 0. The van der Waals surface area contributed by atoms with Crippen molar-refractivity contribution in [1.82, 2.24) is 10.3 Å². The van der Waals surface area contributed by atoms with Crippen LogP contribution >= 0.6 is 11.3 Å². The van der Waals surface area contributed by atoms with Gasteiger partial charge in [-0.25, -0.2) is 4.98 Å². The lowest BCUT2D eigenvalue weighted by Crippen LogP contribution is -2.28. The molecule has 0 aliphatic rings. The number of nitrogens with one attached hydrogen (secondary N) is 1. The number of nitrogens with zero attached hydrogens (tertiary/aromatic N) is 1. The number of rotatable bonds is 4. The maximum absolute atomic E-state index is 12.1. The molecule has 1 aromatic carbocycles. The largest absolute Gasteiger partial charge is 0.504 e. The molecule has 0 saturated carbocycles. The van der Waals surface area contributed by atoms with Gasteiger partial charge in [0.25, 0.3) is 5.91 Å². The lowest BCUT2D eigenvalue weighted by atomic mass is 10.1. The zero-order valence-electron chi connectivity index (χ0n) is 10.3. The van der Waals surface area contributed by atoms with Gasteiger partial charge in [0.15, 0.2) is 11.5 Å². The summed E-state index contributed by atoms with van der Waals surface area (Å²) in [6.45, 7) is 1.94. The van der Waals surface area contributed by atoms with Crippen molar-refractivity contribution in [3.63, 3.8) is 0 Å². The van der Waals surface area contributed by atoms with E-state index >= 15 is 0 Å². The van der Waals surface area contributed by atoms with Crippen molar-refractivity contribution in [3.8, 4) is 11.5 Å². The molecule has 2 rings (SSSR count). The van der Waals surface area contributed by atoms with Crippen LogP contribution < -0.4 is 5.32 Å². The third-order valence-electron chi connectivity index (χ3n) is 2.72. The van der Waals surface area contributed by atoms with Gasteiger partial charge in [-0.3, -0.25) is 4.79 Å². The van der Waals surface area contributed by atoms with Crippen LogP contribution in [0, 0.1) is 0 Å². The average molecular weight is 278 g/mol. The fourth-order valence-electron chi connectivity index (χ4n) is 1.70. The first kappa shape index (κ1) is 13.4. The van der Waals surface area contributed by atoms with Crippen LogP contribution in [-0.2, 0) is 0 Å². The van der Waals surface area contributed by atoms with Gasteiger partial charge < -0.3 is 15.5 Å². The molecule has 0 aliphatic heterocycles. The molecule has 0 fully saturated rings. The highest BCUT2D eigenvalue weighted by atomic mass is 32.1. The molecule has 1 unspecified atom stereocenters. The Balaban J connectivity index is 2.18. The molecule has 0 bridgehead atoms. The Bertz CT molecular complexity index is 569. The molecular formula is C13H14N2O3S. The lowest BCUT2D eigenvalue weighted by Gasteiger charge is -2.15. The molecule has 1 heterocycles. The summed E-state index contributed by atoms with van der Waals surface area (Å²) in [6, 6.07) is 4.09. The van der Waals surface area contributed by atoms with Gasteiger partial charge in [-0.15, -0.1) is 11.3 Å². The zero-order valence-corrected chi connectivity index (χ0v) is 11.1. The van der Waals surface area contributed by atoms with E-state index in [1.807, 2.05) is 12.3 Å². The topological polar surface area (TPSA) is 82.5 Å². The van der Waals surface area contributed by atoms with Crippen LogP contribution in [0.2, 0.25) is 0 Å². The van der Waals surface area contributed by atoms with E-state index in [0.717, 1.165) is 5.01 Å². The number of thiazole rings is 1. The molecule has 19 heavy (non-hydrogen) atoms. The SMILES string of the molecule is CCC(NC(=O)c1cccc(O)c1O)c1nccs1. The smallest absolute Gasteiger partial charge is 0.255 e. The van der Waals surface area contributed by atoms with Crippen molar-refractivity contribution >= 4 is 17.2 Å². The Hall–Kier alpha value is -2.08. The van der Waals surface area contributed by atoms with Crippen molar-refractivity contribution in [3.05, 3.63) is 40.3 Å². The Morgan fingerprint density at radius 2 is 2.26 bits per heavy atom. The normalized spacial score (nSPS) is 12.1. The number of amides is 1. The summed E-state index contributed by atoms with van der Waals surface area (Å²) in [5.74, 6) is -1.15. The Morgan fingerprint density at radius 3 is 2.89 bits per heavy atom. The van der Waals surface area contributed by atoms with E-state index < -0.39 is 11.7 Å². The number of phenols is 2. The number of aromatic nitrogens is 1. The summed E-state index contributed by atoms with van der Waals surface area (Å²) >= 11 is 1.46. The second kappa shape index (κ2) is 5.71. The molecule has 6 heteroatoms. The molecule has 1 atom stereocenters. The second-order valence-corrected chi connectivity index (χ2v) is 4.90. The molecule has 1 amide bonds. The summed E-state index contributed by atoms with van der Waals surface area (Å²) in [5.41, 5.74) is 0.0509. The summed E-state index contributed by atoms with van der Waals surface area (Å²) in [5, 5.41) is 24.5. The van der Waals surface area contributed by atoms with E-state index in [2.05, 4.69) is 10.3 Å². The van der Waals surface area contributed by atoms with Crippen LogP contribution in [0.3, 0.4) is 0 Å². The van der Waals surface area contributed by atoms with E-state index in [-0.39, 0.29) is 17.4 Å². The molecule has 0 spiro atoms. The number of phenolic OH excluding ortho intramolecular Hbond substituents is 2. The van der Waals surface area contributed by atoms with Crippen molar-refractivity contribution in [1.29, 1.82) is 0 Å². The molecule has 0 saturated heterocycles. The molecule has 0 radical (unpaired) electrons. The standard InChI is InChI=1S/C13H14N2O3S/c1-2-9(13-14-6-7-19-13)15-12(18)8-4-3-5-10(16)11(8)17/h3-7,9,16-17H,2H2,1H3,(H,15,18). The van der Waals surface area contributed by atoms with Gasteiger partial charge in [0.05, 0.1) is 11.6 Å². The van der Waals surface area contributed by atoms with E-state index in [1.54, 1.807) is 6.20 Å². The average Bonchev–Trinajstić information content (AvgIpc) is 2.92. The number of benzene rings is 1. The minimum absolute atomic E-state index is 0.0509. The highest BCUT2D eigenvalue weighted by Crippen LogP contribution is 2.29. The number of aromatic hydroxyl groups is 2. The fraction of sp³-hybridized carbons (Fsp3) is 0.231. The fourth-order valence-corrected chi connectivity index (χ4v) is 2.47. The number of para-hydroxylation sites is 1. The van der Waals surface area contributed by atoms with Crippen molar-refractivity contribution in [2.45, 2.75) is 19.4 Å². The van der Waals surface area contributed by atoms with Crippen LogP contribution in [0.1, 0.15) is 34.8 Å². The van der Waals surface area contributed by atoms with Crippen LogP contribution in [0.4, 0.5) is 0 Å². The van der Waals surface area contributed by atoms with E-state index in [1.165, 1.54) is 29.5 Å². The van der Waals surface area contributed by atoms with E-state index in [0.29, 0.717) is 6.42 Å². The van der Waals surface area contributed by atoms with Crippen LogP contribution in [0.5, 0.6) is 11.5 Å². The van der Waals surface area contributed by atoms with Crippen molar-refractivity contribution in [2.24, 2.45) is 0 Å². The van der Waals surface area contributed by atoms with Gasteiger partial charge in [0, 0.05) is 11.6 Å². The Labute approximate surface area is 114 Å². The van der Waals surface area contributed by atoms with Gasteiger partial charge in [0.2, 0.25) is 0 Å². The number of hydrogen-bond donors (Lipinski definition) is 3. The first-order chi connectivity index (χ1) is 9.13. The summed E-state index contributed by atoms with van der Waals surface area (Å²) in [7, 11) is 0. The molecular weight excluding hydrogens is 264 g/mol.